The Hall–Kier alpha value is -2.94. The average molecular weight is 472 g/mol. The van der Waals surface area contributed by atoms with Gasteiger partial charge in [-0.25, -0.2) is 0 Å². The van der Waals surface area contributed by atoms with Crippen LogP contribution in [0.4, 0.5) is 5.13 Å². The highest BCUT2D eigenvalue weighted by Gasteiger charge is 2.22. The van der Waals surface area contributed by atoms with Crippen molar-refractivity contribution in [2.75, 3.05) is 19.0 Å². The second kappa shape index (κ2) is 10.6. The normalized spacial score (nSPS) is 15.8. The summed E-state index contributed by atoms with van der Waals surface area (Å²) in [6, 6.07) is 12.9. The molecule has 0 aliphatic carbocycles. The molecule has 1 amide bonds. The molecule has 166 valence electrons. The maximum atomic E-state index is 12.3. The van der Waals surface area contributed by atoms with Crippen molar-refractivity contribution in [2.24, 2.45) is 0 Å². The number of carbonyl (C=O) groups is 1. The number of benzene rings is 2. The highest BCUT2D eigenvalue weighted by molar-refractivity contribution is 7.15. The van der Waals surface area contributed by atoms with Gasteiger partial charge in [0.1, 0.15) is 17.7 Å². The molecule has 0 radical (unpaired) electrons. The Morgan fingerprint density at radius 3 is 2.84 bits per heavy atom. The zero-order chi connectivity index (χ0) is 22.3. The summed E-state index contributed by atoms with van der Waals surface area (Å²) in [5.41, 5.74) is 1.80. The third kappa shape index (κ3) is 5.85. The topological polar surface area (TPSA) is 82.6 Å². The second-order valence-corrected chi connectivity index (χ2v) is 8.54. The van der Waals surface area contributed by atoms with E-state index in [0.29, 0.717) is 28.3 Å². The number of ether oxygens (including phenoxy) is 3. The largest absolute Gasteiger partial charge is 0.493 e. The molecule has 2 aromatic carbocycles. The van der Waals surface area contributed by atoms with Crippen LogP contribution >= 0.6 is 22.9 Å². The van der Waals surface area contributed by atoms with E-state index in [1.54, 1.807) is 13.2 Å². The number of hydrogen-bond donors (Lipinski definition) is 1. The first kappa shape index (κ1) is 22.3. The van der Waals surface area contributed by atoms with E-state index in [0.717, 1.165) is 35.6 Å². The van der Waals surface area contributed by atoms with Crippen LogP contribution in [0.5, 0.6) is 11.5 Å². The minimum Gasteiger partial charge on any atom is -0.493 e. The first-order chi connectivity index (χ1) is 15.6. The number of anilines is 1. The van der Waals surface area contributed by atoms with Gasteiger partial charge in [0.05, 0.1) is 7.11 Å². The lowest BCUT2D eigenvalue weighted by Crippen LogP contribution is -2.07. The lowest BCUT2D eigenvalue weighted by Gasteiger charge is -2.11. The Labute approximate surface area is 195 Å². The Bertz CT molecular complexity index is 1090. The molecule has 1 saturated heterocycles. The van der Waals surface area contributed by atoms with Crippen LogP contribution in [0.3, 0.4) is 0 Å². The molecule has 7 nitrogen and oxygen atoms in total. The van der Waals surface area contributed by atoms with Gasteiger partial charge in [0.25, 0.3) is 0 Å². The number of amides is 1. The van der Waals surface area contributed by atoms with Gasteiger partial charge in [-0.1, -0.05) is 41.1 Å². The number of halogens is 1. The first-order valence-corrected chi connectivity index (χ1v) is 11.3. The minimum atomic E-state index is -0.290. The molecule has 1 N–H and O–H groups in total. The SMILES string of the molecule is COc1cc(/C=C/C(=O)Nc2nnc([C@H]3CCCO3)s2)ccc1OCc1ccc(Cl)cc1. The number of carbonyl (C=O) groups excluding carboxylic acids is 1. The number of methoxy groups -OCH3 is 1. The standard InChI is InChI=1S/C23H22ClN3O4S/c1-29-20-13-15(6-10-18(20)31-14-16-4-8-17(24)9-5-16)7-11-21(28)25-23-27-26-22(32-23)19-3-2-12-30-19/h4-11,13,19H,2-3,12,14H2,1H3,(H,25,27,28)/b11-7+/t19-/m1/s1. The molecule has 0 unspecified atom stereocenters. The lowest BCUT2D eigenvalue weighted by molar-refractivity contribution is -0.111. The van der Waals surface area contributed by atoms with Crippen LogP contribution in [0.1, 0.15) is 35.1 Å². The molecule has 0 saturated carbocycles. The van der Waals surface area contributed by atoms with E-state index in [1.165, 1.54) is 17.4 Å². The van der Waals surface area contributed by atoms with Crippen LogP contribution in [-0.2, 0) is 16.1 Å². The molecule has 0 bridgehead atoms. The van der Waals surface area contributed by atoms with Gasteiger partial charge in [0.15, 0.2) is 11.5 Å². The highest BCUT2D eigenvalue weighted by Crippen LogP contribution is 2.32. The Morgan fingerprint density at radius 1 is 1.25 bits per heavy atom. The molecule has 0 spiro atoms. The molecule has 3 aromatic rings. The molecule has 1 fully saturated rings. The van der Waals surface area contributed by atoms with Gasteiger partial charge < -0.3 is 14.2 Å². The molecular weight excluding hydrogens is 450 g/mol. The summed E-state index contributed by atoms with van der Waals surface area (Å²) in [7, 11) is 1.58. The van der Waals surface area contributed by atoms with Crippen LogP contribution < -0.4 is 14.8 Å². The van der Waals surface area contributed by atoms with Gasteiger partial charge in [-0.3, -0.25) is 10.1 Å². The fourth-order valence-corrected chi connectivity index (χ4v) is 4.11. The first-order valence-electron chi connectivity index (χ1n) is 10.1. The molecular formula is C23H22ClN3O4S. The number of nitrogens with zero attached hydrogens (tertiary/aromatic N) is 2. The predicted molar refractivity (Wildman–Crippen MR) is 124 cm³/mol. The molecule has 1 aromatic heterocycles. The van der Waals surface area contributed by atoms with Gasteiger partial charge in [-0.05, 0) is 54.3 Å². The van der Waals surface area contributed by atoms with Crippen molar-refractivity contribution in [2.45, 2.75) is 25.6 Å². The van der Waals surface area contributed by atoms with Crippen molar-refractivity contribution in [1.29, 1.82) is 0 Å². The second-order valence-electron chi connectivity index (χ2n) is 7.10. The molecule has 1 aliphatic rings. The fourth-order valence-electron chi connectivity index (χ4n) is 3.16. The predicted octanol–water partition coefficient (Wildman–Crippen LogP) is 5.28. The van der Waals surface area contributed by atoms with Crippen LogP contribution in [0.2, 0.25) is 5.02 Å². The van der Waals surface area contributed by atoms with E-state index in [-0.39, 0.29) is 12.0 Å². The molecule has 32 heavy (non-hydrogen) atoms. The Balaban J connectivity index is 1.34. The smallest absolute Gasteiger partial charge is 0.250 e. The van der Waals surface area contributed by atoms with E-state index in [1.807, 2.05) is 42.5 Å². The summed E-state index contributed by atoms with van der Waals surface area (Å²) in [6.07, 6.45) is 5.08. The Kier molecular flexibility index (Phi) is 7.36. The van der Waals surface area contributed by atoms with Gasteiger partial charge >= 0.3 is 0 Å². The third-order valence-electron chi connectivity index (χ3n) is 4.80. The summed E-state index contributed by atoms with van der Waals surface area (Å²) in [5, 5.41) is 12.8. The van der Waals surface area contributed by atoms with Crippen molar-refractivity contribution < 1.29 is 19.0 Å². The van der Waals surface area contributed by atoms with Crippen molar-refractivity contribution in [3.63, 3.8) is 0 Å². The number of nitrogens with one attached hydrogen (secondary N) is 1. The number of hydrogen-bond acceptors (Lipinski definition) is 7. The van der Waals surface area contributed by atoms with Crippen LogP contribution in [0.15, 0.2) is 48.5 Å². The van der Waals surface area contributed by atoms with E-state index in [9.17, 15) is 4.79 Å². The molecule has 9 heteroatoms. The summed E-state index contributed by atoms with van der Waals surface area (Å²) in [4.78, 5) is 12.3. The van der Waals surface area contributed by atoms with Crippen LogP contribution in [-0.4, -0.2) is 29.8 Å². The quantitative estimate of drug-likeness (QED) is 0.450. The number of aromatic nitrogens is 2. The summed E-state index contributed by atoms with van der Waals surface area (Å²) < 4.78 is 16.9. The maximum Gasteiger partial charge on any atom is 0.250 e. The zero-order valence-electron chi connectivity index (χ0n) is 17.4. The van der Waals surface area contributed by atoms with Crippen LogP contribution in [0, 0.1) is 0 Å². The maximum absolute atomic E-state index is 12.3. The molecule has 1 atom stereocenters. The van der Waals surface area contributed by atoms with E-state index in [2.05, 4.69) is 15.5 Å². The highest BCUT2D eigenvalue weighted by atomic mass is 35.5. The van der Waals surface area contributed by atoms with E-state index >= 15 is 0 Å². The zero-order valence-corrected chi connectivity index (χ0v) is 19.0. The molecule has 1 aliphatic heterocycles. The van der Waals surface area contributed by atoms with Gasteiger partial charge in [-0.15, -0.1) is 10.2 Å². The van der Waals surface area contributed by atoms with Crippen molar-refractivity contribution in [1.82, 2.24) is 10.2 Å². The van der Waals surface area contributed by atoms with Crippen molar-refractivity contribution in [3.8, 4) is 11.5 Å². The molecule has 2 heterocycles. The van der Waals surface area contributed by atoms with E-state index < -0.39 is 0 Å². The molecule has 4 rings (SSSR count). The summed E-state index contributed by atoms with van der Waals surface area (Å²) in [5.74, 6) is 0.897. The minimum absolute atomic E-state index is 0.0124. The van der Waals surface area contributed by atoms with Gasteiger partial charge in [0, 0.05) is 17.7 Å². The third-order valence-corrected chi connectivity index (χ3v) is 5.98. The average Bonchev–Trinajstić information content (AvgIpc) is 3.50. The van der Waals surface area contributed by atoms with Crippen molar-refractivity contribution in [3.05, 3.63) is 69.7 Å². The summed E-state index contributed by atoms with van der Waals surface area (Å²) in [6.45, 7) is 1.13. The van der Waals surface area contributed by atoms with Gasteiger partial charge in [-0.2, -0.15) is 0 Å². The fraction of sp³-hybridized carbons (Fsp3) is 0.261. The number of rotatable bonds is 8. The lowest BCUT2D eigenvalue weighted by atomic mass is 10.2. The van der Waals surface area contributed by atoms with Crippen molar-refractivity contribution >= 4 is 40.1 Å². The Morgan fingerprint density at radius 2 is 2.09 bits per heavy atom. The summed E-state index contributed by atoms with van der Waals surface area (Å²) >= 11 is 7.25. The van der Waals surface area contributed by atoms with Gasteiger partial charge in [0.2, 0.25) is 11.0 Å². The van der Waals surface area contributed by atoms with E-state index in [4.69, 9.17) is 25.8 Å². The van der Waals surface area contributed by atoms with Crippen LogP contribution in [0.25, 0.3) is 6.08 Å². The monoisotopic (exact) mass is 471 g/mol.